The van der Waals surface area contributed by atoms with E-state index in [-0.39, 0.29) is 0 Å². The van der Waals surface area contributed by atoms with Crippen molar-refractivity contribution in [3.63, 3.8) is 0 Å². The lowest BCUT2D eigenvalue weighted by molar-refractivity contribution is 0.378. The van der Waals surface area contributed by atoms with Gasteiger partial charge in [-0.3, -0.25) is 4.98 Å². The molecule has 94 valence electrons. The third kappa shape index (κ3) is 2.73. The van der Waals surface area contributed by atoms with Gasteiger partial charge in [-0.25, -0.2) is 0 Å². The van der Waals surface area contributed by atoms with Gasteiger partial charge in [0.2, 0.25) is 0 Å². The van der Waals surface area contributed by atoms with Gasteiger partial charge >= 0.3 is 0 Å². The summed E-state index contributed by atoms with van der Waals surface area (Å²) in [6.45, 7) is 1.95. The molecule has 1 heterocycles. The lowest BCUT2D eigenvalue weighted by atomic mass is 10.2. The number of ether oxygens (including phenoxy) is 2. The number of benzene rings is 1. The van der Waals surface area contributed by atoms with Crippen LogP contribution in [0.3, 0.4) is 0 Å². The van der Waals surface area contributed by atoms with Crippen LogP contribution in [0, 0.1) is 6.92 Å². The molecule has 0 bridgehead atoms. The fourth-order valence-electron chi connectivity index (χ4n) is 1.50. The van der Waals surface area contributed by atoms with E-state index in [1.807, 2.05) is 13.0 Å². The summed E-state index contributed by atoms with van der Waals surface area (Å²) in [5, 5.41) is 0. The zero-order valence-corrected chi connectivity index (χ0v) is 11.7. The summed E-state index contributed by atoms with van der Waals surface area (Å²) in [6.07, 6.45) is 3.42. The molecule has 0 radical (unpaired) electrons. The summed E-state index contributed by atoms with van der Waals surface area (Å²) in [4.78, 5) is 4.07. The highest BCUT2D eigenvalue weighted by Gasteiger charge is 2.09. The van der Waals surface area contributed by atoms with Crippen molar-refractivity contribution < 1.29 is 9.47 Å². The summed E-state index contributed by atoms with van der Waals surface area (Å²) < 4.78 is 11.7. The number of aryl methyl sites for hydroxylation is 1. The average Bonchev–Trinajstić information content (AvgIpc) is 2.33. The number of aromatic nitrogens is 1. The van der Waals surface area contributed by atoms with Crippen molar-refractivity contribution in [2.24, 2.45) is 0 Å². The van der Waals surface area contributed by atoms with Gasteiger partial charge in [-0.15, -0.1) is 0 Å². The highest BCUT2D eigenvalue weighted by atomic mass is 79.9. The van der Waals surface area contributed by atoms with Gasteiger partial charge in [-0.1, -0.05) is 0 Å². The molecule has 0 aliphatic rings. The standard InChI is InChI=1S/C13H13BrN2O2/c1-8-3-9(7-16-6-8)18-13-4-10(14)11(15)5-12(13)17-2/h3-7H,15H2,1-2H3. The Bertz CT molecular complexity index is 573. The van der Waals surface area contributed by atoms with Crippen molar-refractivity contribution in [1.29, 1.82) is 0 Å². The molecule has 0 aliphatic carbocycles. The number of nitrogen functional groups attached to an aromatic ring is 1. The number of hydrogen-bond acceptors (Lipinski definition) is 4. The molecule has 0 saturated heterocycles. The van der Waals surface area contributed by atoms with Crippen LogP contribution >= 0.6 is 15.9 Å². The van der Waals surface area contributed by atoms with E-state index >= 15 is 0 Å². The molecule has 0 amide bonds. The van der Waals surface area contributed by atoms with Crippen LogP contribution in [0.4, 0.5) is 5.69 Å². The Kier molecular flexibility index (Phi) is 3.72. The number of hydrogen-bond donors (Lipinski definition) is 1. The second kappa shape index (κ2) is 5.27. The number of anilines is 1. The molecule has 2 rings (SSSR count). The van der Waals surface area contributed by atoms with E-state index in [2.05, 4.69) is 20.9 Å². The Morgan fingerprint density at radius 2 is 1.94 bits per heavy atom. The Hall–Kier alpha value is -1.75. The quantitative estimate of drug-likeness (QED) is 0.881. The maximum absolute atomic E-state index is 5.79. The van der Waals surface area contributed by atoms with Crippen molar-refractivity contribution in [1.82, 2.24) is 4.98 Å². The minimum atomic E-state index is 0.581. The van der Waals surface area contributed by atoms with Crippen LogP contribution in [0.25, 0.3) is 0 Å². The van der Waals surface area contributed by atoms with Gasteiger partial charge in [0.25, 0.3) is 0 Å². The molecule has 0 spiro atoms. The molecule has 0 fully saturated rings. The van der Waals surface area contributed by atoms with Crippen molar-refractivity contribution >= 4 is 21.6 Å². The summed E-state index contributed by atoms with van der Waals surface area (Å²) >= 11 is 3.36. The SMILES string of the molecule is COc1cc(N)c(Br)cc1Oc1cncc(C)c1. The summed E-state index contributed by atoms with van der Waals surface area (Å²) in [6, 6.07) is 5.38. The summed E-state index contributed by atoms with van der Waals surface area (Å²) in [7, 11) is 1.57. The zero-order chi connectivity index (χ0) is 13.1. The van der Waals surface area contributed by atoms with Gasteiger partial charge in [0.05, 0.1) is 13.3 Å². The Balaban J connectivity index is 2.36. The second-order valence-electron chi connectivity index (χ2n) is 3.82. The molecule has 0 saturated carbocycles. The van der Waals surface area contributed by atoms with Crippen LogP contribution in [-0.4, -0.2) is 12.1 Å². The lowest BCUT2D eigenvalue weighted by Crippen LogP contribution is -1.94. The van der Waals surface area contributed by atoms with Gasteiger partial charge < -0.3 is 15.2 Å². The number of rotatable bonds is 3. The van der Waals surface area contributed by atoms with Gasteiger partial charge in [-0.05, 0) is 34.5 Å². The van der Waals surface area contributed by atoms with Gasteiger partial charge in [-0.2, -0.15) is 0 Å². The predicted octanol–water partition coefficient (Wildman–Crippen LogP) is 3.54. The molecular weight excluding hydrogens is 296 g/mol. The molecule has 2 N–H and O–H groups in total. The minimum absolute atomic E-state index is 0.581. The number of nitrogens with two attached hydrogens (primary N) is 1. The summed E-state index contributed by atoms with van der Waals surface area (Å²) in [5.74, 6) is 1.83. The molecule has 5 heteroatoms. The lowest BCUT2D eigenvalue weighted by Gasteiger charge is -2.12. The van der Waals surface area contributed by atoms with E-state index in [1.165, 1.54) is 0 Å². The fraction of sp³-hybridized carbons (Fsp3) is 0.154. The van der Waals surface area contributed by atoms with E-state index in [9.17, 15) is 0 Å². The molecule has 1 aromatic carbocycles. The second-order valence-corrected chi connectivity index (χ2v) is 4.68. The molecule has 1 aromatic heterocycles. The zero-order valence-electron chi connectivity index (χ0n) is 10.1. The van der Waals surface area contributed by atoms with Crippen LogP contribution < -0.4 is 15.2 Å². The first-order valence-electron chi connectivity index (χ1n) is 5.32. The van der Waals surface area contributed by atoms with Crippen LogP contribution in [0.15, 0.2) is 35.1 Å². The Morgan fingerprint density at radius 3 is 2.61 bits per heavy atom. The first-order valence-corrected chi connectivity index (χ1v) is 6.12. The highest BCUT2D eigenvalue weighted by Crippen LogP contribution is 2.37. The van der Waals surface area contributed by atoms with Gasteiger partial charge in [0.15, 0.2) is 11.5 Å². The molecule has 4 nitrogen and oxygen atoms in total. The molecule has 0 unspecified atom stereocenters. The van der Waals surface area contributed by atoms with E-state index in [0.29, 0.717) is 22.9 Å². The first kappa shape index (κ1) is 12.7. The molecule has 0 aliphatic heterocycles. The molecular formula is C13H13BrN2O2. The number of nitrogens with zero attached hydrogens (tertiary/aromatic N) is 1. The van der Waals surface area contributed by atoms with Crippen LogP contribution in [0.1, 0.15) is 5.56 Å². The van der Waals surface area contributed by atoms with E-state index in [4.69, 9.17) is 15.2 Å². The summed E-state index contributed by atoms with van der Waals surface area (Å²) in [5.41, 5.74) is 7.42. The van der Waals surface area contributed by atoms with Crippen molar-refractivity contribution in [3.8, 4) is 17.2 Å². The maximum atomic E-state index is 5.79. The van der Waals surface area contributed by atoms with Gasteiger partial charge in [0, 0.05) is 28.5 Å². The molecule has 2 aromatic rings. The first-order chi connectivity index (χ1) is 8.60. The number of halogens is 1. The normalized spacial score (nSPS) is 10.2. The van der Waals surface area contributed by atoms with Crippen molar-refractivity contribution in [2.75, 3.05) is 12.8 Å². The van der Waals surface area contributed by atoms with E-state index in [1.54, 1.807) is 31.6 Å². The predicted molar refractivity (Wildman–Crippen MR) is 74.2 cm³/mol. The van der Waals surface area contributed by atoms with Crippen LogP contribution in [0.5, 0.6) is 17.2 Å². The van der Waals surface area contributed by atoms with Crippen molar-refractivity contribution in [3.05, 3.63) is 40.6 Å². The Labute approximate surface area is 114 Å². The smallest absolute Gasteiger partial charge is 0.170 e. The van der Waals surface area contributed by atoms with Crippen LogP contribution in [0.2, 0.25) is 0 Å². The minimum Gasteiger partial charge on any atom is -0.493 e. The average molecular weight is 309 g/mol. The van der Waals surface area contributed by atoms with Crippen LogP contribution in [-0.2, 0) is 0 Å². The molecule has 0 atom stereocenters. The molecule has 18 heavy (non-hydrogen) atoms. The number of methoxy groups -OCH3 is 1. The third-order valence-electron chi connectivity index (χ3n) is 2.36. The third-order valence-corrected chi connectivity index (χ3v) is 3.05. The number of pyridine rings is 1. The Morgan fingerprint density at radius 1 is 1.17 bits per heavy atom. The fourth-order valence-corrected chi connectivity index (χ4v) is 1.82. The highest BCUT2D eigenvalue weighted by molar-refractivity contribution is 9.10. The topological polar surface area (TPSA) is 57.4 Å². The van der Waals surface area contributed by atoms with Crippen molar-refractivity contribution in [2.45, 2.75) is 6.92 Å². The van der Waals surface area contributed by atoms with E-state index in [0.717, 1.165) is 10.0 Å². The monoisotopic (exact) mass is 308 g/mol. The van der Waals surface area contributed by atoms with Gasteiger partial charge in [0.1, 0.15) is 5.75 Å². The maximum Gasteiger partial charge on any atom is 0.170 e. The largest absolute Gasteiger partial charge is 0.493 e. The van der Waals surface area contributed by atoms with E-state index < -0.39 is 0 Å².